The van der Waals surface area contributed by atoms with Gasteiger partial charge < -0.3 is 5.11 Å². The Labute approximate surface area is 80.9 Å². The van der Waals surface area contributed by atoms with E-state index in [1.807, 2.05) is 0 Å². The molecule has 1 N–H and O–H groups in total. The predicted octanol–water partition coefficient (Wildman–Crippen LogP) is 2.98. The monoisotopic (exact) mass is 242 g/mol. The minimum Gasteiger partial charge on any atom is -0.333 e. The quantitative estimate of drug-likeness (QED) is 0.754. The van der Waals surface area contributed by atoms with Crippen LogP contribution in [0, 0.1) is 0 Å². The lowest BCUT2D eigenvalue weighted by molar-refractivity contribution is -0.397. The summed E-state index contributed by atoms with van der Waals surface area (Å²) in [7, 11) is 0. The Morgan fingerprint density at radius 2 is 1.27 bits per heavy atom. The van der Waals surface area contributed by atoms with Crippen LogP contribution in [-0.4, -0.2) is 28.7 Å². The summed E-state index contributed by atoms with van der Waals surface area (Å²) >= 11 is 0. The molecular weight excluding hydrogens is 233 g/mol. The van der Waals surface area contributed by atoms with E-state index in [0.717, 1.165) is 6.92 Å². The maximum absolute atomic E-state index is 13.1. The Balaban J connectivity index is 5.65. The van der Waals surface area contributed by atoms with E-state index in [-0.39, 0.29) is 6.92 Å². The Hall–Kier alpha value is -0.530. The zero-order valence-electron chi connectivity index (χ0n) is 7.80. The van der Waals surface area contributed by atoms with Crippen molar-refractivity contribution in [1.29, 1.82) is 0 Å². The molecule has 0 spiro atoms. The molecule has 0 amide bonds. The Morgan fingerprint density at radius 1 is 0.933 bits per heavy atom. The van der Waals surface area contributed by atoms with Gasteiger partial charge in [-0.2, -0.15) is 22.0 Å². The standard InChI is InChI=1S/C7H9F7O/c1-3-4(2,8)5(9,6(10,11)12)7(13,14)15/h15H,3H2,1-2H3. The van der Waals surface area contributed by atoms with Crippen LogP contribution in [0.15, 0.2) is 0 Å². The normalized spacial score (nSPS) is 22.0. The summed E-state index contributed by atoms with van der Waals surface area (Å²) in [6.07, 6.45) is -13.2. The molecule has 0 saturated carbocycles. The van der Waals surface area contributed by atoms with E-state index in [2.05, 4.69) is 0 Å². The molecule has 0 fully saturated rings. The molecule has 1 nitrogen and oxygen atoms in total. The van der Waals surface area contributed by atoms with Crippen LogP contribution in [0.25, 0.3) is 0 Å². The van der Waals surface area contributed by atoms with Crippen LogP contribution in [0.3, 0.4) is 0 Å². The van der Waals surface area contributed by atoms with Crippen molar-refractivity contribution in [2.45, 2.75) is 43.9 Å². The van der Waals surface area contributed by atoms with E-state index in [9.17, 15) is 30.7 Å². The highest BCUT2D eigenvalue weighted by Crippen LogP contribution is 2.53. The number of alkyl halides is 7. The zero-order valence-corrected chi connectivity index (χ0v) is 7.80. The third-order valence-corrected chi connectivity index (χ3v) is 2.19. The summed E-state index contributed by atoms with van der Waals surface area (Å²) in [6.45, 7) is 0.774. The van der Waals surface area contributed by atoms with Crippen molar-refractivity contribution in [3.63, 3.8) is 0 Å². The van der Waals surface area contributed by atoms with E-state index >= 15 is 0 Å². The van der Waals surface area contributed by atoms with E-state index in [1.54, 1.807) is 0 Å². The summed E-state index contributed by atoms with van der Waals surface area (Å²) in [6, 6.07) is 0. The molecular formula is C7H9F7O. The van der Waals surface area contributed by atoms with Gasteiger partial charge in [0.1, 0.15) is 0 Å². The van der Waals surface area contributed by atoms with Crippen molar-refractivity contribution in [1.82, 2.24) is 0 Å². The molecule has 0 bridgehead atoms. The van der Waals surface area contributed by atoms with Crippen LogP contribution in [0.1, 0.15) is 20.3 Å². The van der Waals surface area contributed by atoms with E-state index in [0.29, 0.717) is 0 Å². The fourth-order valence-corrected chi connectivity index (χ4v) is 1.02. The molecule has 0 aliphatic carbocycles. The zero-order chi connectivity index (χ0) is 12.7. The second-order valence-electron chi connectivity index (χ2n) is 3.25. The molecule has 0 aromatic carbocycles. The van der Waals surface area contributed by atoms with E-state index in [1.165, 1.54) is 0 Å². The summed E-state index contributed by atoms with van der Waals surface area (Å²) in [4.78, 5) is 0. The largest absolute Gasteiger partial charge is 0.434 e. The minimum absolute atomic E-state index is 0.0185. The first-order valence-electron chi connectivity index (χ1n) is 3.86. The third-order valence-electron chi connectivity index (χ3n) is 2.19. The maximum atomic E-state index is 13.1. The molecule has 0 rings (SSSR count). The lowest BCUT2D eigenvalue weighted by atomic mass is 9.83. The minimum atomic E-state index is -6.22. The molecule has 92 valence electrons. The molecule has 0 aliphatic rings. The topological polar surface area (TPSA) is 20.2 Å². The number of rotatable bonds is 3. The molecule has 2 unspecified atom stereocenters. The van der Waals surface area contributed by atoms with Crippen LogP contribution in [0.4, 0.5) is 30.7 Å². The van der Waals surface area contributed by atoms with Gasteiger partial charge in [-0.1, -0.05) is 6.92 Å². The predicted molar refractivity (Wildman–Crippen MR) is 36.9 cm³/mol. The van der Waals surface area contributed by atoms with Crippen molar-refractivity contribution in [3.05, 3.63) is 0 Å². The molecule has 0 radical (unpaired) electrons. The van der Waals surface area contributed by atoms with Crippen LogP contribution >= 0.6 is 0 Å². The van der Waals surface area contributed by atoms with Crippen molar-refractivity contribution < 1.29 is 35.8 Å². The van der Waals surface area contributed by atoms with Gasteiger partial charge in [0.25, 0.3) is 0 Å². The third kappa shape index (κ3) is 2.04. The lowest BCUT2D eigenvalue weighted by Gasteiger charge is -2.39. The molecule has 8 heteroatoms. The molecule has 0 heterocycles. The number of halogens is 7. The number of hydrogen-bond acceptors (Lipinski definition) is 1. The molecule has 0 aromatic heterocycles. The van der Waals surface area contributed by atoms with Crippen LogP contribution < -0.4 is 0 Å². The summed E-state index contributed by atoms with van der Waals surface area (Å²) in [5.74, 6) is 0. The number of aliphatic hydroxyl groups is 1. The smallest absolute Gasteiger partial charge is 0.333 e. The average Bonchev–Trinajstić information content (AvgIpc) is 1.98. The summed E-state index contributed by atoms with van der Waals surface area (Å²) in [5, 5.41) is 7.87. The van der Waals surface area contributed by atoms with Gasteiger partial charge in [0.05, 0.1) is 0 Å². The van der Waals surface area contributed by atoms with Crippen molar-refractivity contribution in [3.8, 4) is 0 Å². The van der Waals surface area contributed by atoms with Crippen LogP contribution in [0.5, 0.6) is 0 Å². The molecule has 0 saturated heterocycles. The summed E-state index contributed by atoms with van der Waals surface area (Å²) < 4.78 is 86.6. The van der Waals surface area contributed by atoms with Gasteiger partial charge in [0, 0.05) is 0 Å². The first-order chi connectivity index (χ1) is 6.31. The highest BCUT2D eigenvalue weighted by molar-refractivity contribution is 5.07. The molecule has 2 atom stereocenters. The highest BCUT2D eigenvalue weighted by Gasteiger charge is 2.79. The van der Waals surface area contributed by atoms with Gasteiger partial charge >= 0.3 is 18.0 Å². The van der Waals surface area contributed by atoms with Gasteiger partial charge in [0.2, 0.25) is 0 Å². The Bertz CT molecular complexity index is 212. The van der Waals surface area contributed by atoms with Gasteiger partial charge in [-0.15, -0.1) is 0 Å². The van der Waals surface area contributed by atoms with Gasteiger partial charge in [-0.05, 0) is 13.3 Å². The fraction of sp³-hybridized carbons (Fsp3) is 1.00. The first kappa shape index (κ1) is 14.5. The fourth-order valence-electron chi connectivity index (χ4n) is 1.02. The van der Waals surface area contributed by atoms with E-state index < -0.39 is 30.0 Å². The van der Waals surface area contributed by atoms with Crippen LogP contribution in [-0.2, 0) is 0 Å². The highest BCUT2D eigenvalue weighted by atomic mass is 19.4. The van der Waals surface area contributed by atoms with Crippen molar-refractivity contribution in [2.75, 3.05) is 0 Å². The lowest BCUT2D eigenvalue weighted by Crippen LogP contribution is -2.66. The molecule has 0 aliphatic heterocycles. The van der Waals surface area contributed by atoms with Gasteiger partial charge in [-0.25, -0.2) is 8.78 Å². The second kappa shape index (κ2) is 3.50. The number of hydrogen-bond donors (Lipinski definition) is 1. The summed E-state index contributed by atoms with van der Waals surface area (Å²) in [5.41, 5.74) is -9.55. The van der Waals surface area contributed by atoms with Gasteiger partial charge in [-0.3, -0.25) is 0 Å². The van der Waals surface area contributed by atoms with E-state index in [4.69, 9.17) is 5.11 Å². The van der Waals surface area contributed by atoms with Gasteiger partial charge in [0.15, 0.2) is 5.67 Å². The molecule has 15 heavy (non-hydrogen) atoms. The average molecular weight is 242 g/mol. The Morgan fingerprint density at radius 3 is 1.33 bits per heavy atom. The van der Waals surface area contributed by atoms with Crippen LogP contribution in [0.2, 0.25) is 0 Å². The Kier molecular flexibility index (Phi) is 3.37. The first-order valence-corrected chi connectivity index (χ1v) is 3.86. The molecule has 0 aromatic rings. The maximum Gasteiger partial charge on any atom is 0.434 e. The second-order valence-corrected chi connectivity index (χ2v) is 3.25. The van der Waals surface area contributed by atoms with Crippen molar-refractivity contribution >= 4 is 0 Å². The SMILES string of the molecule is CCC(C)(F)C(F)(C(O)(F)F)C(F)(F)F. The van der Waals surface area contributed by atoms with Crippen molar-refractivity contribution in [2.24, 2.45) is 0 Å².